The summed E-state index contributed by atoms with van der Waals surface area (Å²) in [7, 11) is 0. The van der Waals surface area contributed by atoms with Crippen molar-refractivity contribution >= 4 is 11.6 Å². The van der Waals surface area contributed by atoms with Gasteiger partial charge in [-0.1, -0.05) is 19.4 Å². The van der Waals surface area contributed by atoms with Crippen LogP contribution in [0.1, 0.15) is 35.7 Å². The number of amides is 1. The third-order valence-electron chi connectivity index (χ3n) is 2.39. The van der Waals surface area contributed by atoms with E-state index in [-0.39, 0.29) is 5.91 Å². The zero-order valence-electron chi connectivity index (χ0n) is 9.84. The monoisotopic (exact) mass is 221 g/mol. The summed E-state index contributed by atoms with van der Waals surface area (Å²) in [5.41, 5.74) is 4.86. The summed E-state index contributed by atoms with van der Waals surface area (Å²) in [6.07, 6.45) is 2.05. The number of unbranched alkanes of at least 4 members (excludes halogenated alkanes) is 1. The summed E-state index contributed by atoms with van der Waals surface area (Å²) < 4.78 is 0. The molecule has 0 radical (unpaired) electrons. The third-order valence-corrected chi connectivity index (χ3v) is 2.39. The zero-order valence-corrected chi connectivity index (χ0v) is 9.84. The van der Waals surface area contributed by atoms with Gasteiger partial charge in [-0.15, -0.1) is 0 Å². The van der Waals surface area contributed by atoms with Crippen molar-refractivity contribution < 1.29 is 4.79 Å². The van der Waals surface area contributed by atoms with Gasteiger partial charge in [0.1, 0.15) is 0 Å². The summed E-state index contributed by atoms with van der Waals surface area (Å²) in [5, 5.41) is 2.86. The summed E-state index contributed by atoms with van der Waals surface area (Å²) in [6, 6.07) is 5.54. The number of carbonyl (C=O) groups is 1. The topological polar surface area (TPSA) is 67.2 Å². The number of rotatable bonds is 5. The lowest BCUT2D eigenvalue weighted by Gasteiger charge is -2.10. The van der Waals surface area contributed by atoms with Crippen LogP contribution < -0.4 is 16.6 Å². The molecule has 16 heavy (non-hydrogen) atoms. The number of hydrogen-bond acceptors (Lipinski definition) is 3. The maximum Gasteiger partial charge on any atom is 0.253 e. The number of hydrazine groups is 1. The standard InChI is InChI=1S/C12H19N3O/c1-3-4-7-14-12(16)10-6-5-9(2)8-11(10)15-13/h5-6,8,15H,3-4,7,13H2,1-2H3,(H,14,16). The minimum absolute atomic E-state index is 0.0820. The lowest BCUT2D eigenvalue weighted by atomic mass is 10.1. The van der Waals surface area contributed by atoms with Gasteiger partial charge in [-0.2, -0.15) is 0 Å². The van der Waals surface area contributed by atoms with E-state index in [9.17, 15) is 4.79 Å². The Morgan fingerprint density at radius 1 is 1.44 bits per heavy atom. The summed E-state index contributed by atoms with van der Waals surface area (Å²) in [4.78, 5) is 11.8. The van der Waals surface area contributed by atoms with Crippen LogP contribution in [0.2, 0.25) is 0 Å². The third kappa shape index (κ3) is 3.24. The fraction of sp³-hybridized carbons (Fsp3) is 0.417. The van der Waals surface area contributed by atoms with Crippen LogP contribution in [0.15, 0.2) is 18.2 Å². The van der Waals surface area contributed by atoms with Crippen molar-refractivity contribution in [3.63, 3.8) is 0 Å². The van der Waals surface area contributed by atoms with E-state index < -0.39 is 0 Å². The number of nitrogen functional groups attached to an aromatic ring is 1. The molecule has 4 N–H and O–H groups in total. The Hall–Kier alpha value is -1.55. The molecule has 1 aromatic carbocycles. The van der Waals surface area contributed by atoms with E-state index in [0.717, 1.165) is 18.4 Å². The van der Waals surface area contributed by atoms with Gasteiger partial charge in [-0.3, -0.25) is 10.6 Å². The van der Waals surface area contributed by atoms with E-state index in [2.05, 4.69) is 17.7 Å². The SMILES string of the molecule is CCCCNC(=O)c1ccc(C)cc1NN. The highest BCUT2D eigenvalue weighted by Crippen LogP contribution is 2.16. The maximum atomic E-state index is 11.8. The molecule has 0 aromatic heterocycles. The summed E-state index contributed by atoms with van der Waals surface area (Å²) >= 11 is 0. The van der Waals surface area contributed by atoms with Gasteiger partial charge in [0, 0.05) is 6.54 Å². The molecule has 0 bridgehead atoms. The predicted molar refractivity (Wildman–Crippen MR) is 66.2 cm³/mol. The molecular weight excluding hydrogens is 202 g/mol. The lowest BCUT2D eigenvalue weighted by Crippen LogP contribution is -2.26. The second-order valence-electron chi connectivity index (χ2n) is 3.80. The van der Waals surface area contributed by atoms with Gasteiger partial charge >= 0.3 is 0 Å². The molecule has 0 heterocycles. The molecule has 0 spiro atoms. The largest absolute Gasteiger partial charge is 0.352 e. The number of nitrogens with one attached hydrogen (secondary N) is 2. The van der Waals surface area contributed by atoms with Crippen molar-refractivity contribution in [2.24, 2.45) is 5.84 Å². The molecule has 88 valence electrons. The first kappa shape index (κ1) is 12.5. The van der Waals surface area contributed by atoms with Crippen LogP contribution >= 0.6 is 0 Å². The number of nitrogens with two attached hydrogens (primary N) is 1. The molecule has 0 aliphatic heterocycles. The molecule has 0 saturated heterocycles. The molecule has 0 aliphatic rings. The quantitative estimate of drug-likeness (QED) is 0.403. The molecule has 4 heteroatoms. The number of aryl methyl sites for hydroxylation is 1. The van der Waals surface area contributed by atoms with Crippen molar-refractivity contribution in [3.8, 4) is 0 Å². The van der Waals surface area contributed by atoms with Gasteiger partial charge in [0.15, 0.2) is 0 Å². The average Bonchev–Trinajstić information content (AvgIpc) is 2.29. The zero-order chi connectivity index (χ0) is 12.0. The Balaban J connectivity index is 2.74. The Morgan fingerprint density at radius 3 is 2.81 bits per heavy atom. The van der Waals surface area contributed by atoms with Gasteiger partial charge < -0.3 is 10.7 Å². The highest BCUT2D eigenvalue weighted by molar-refractivity contribution is 5.99. The molecular formula is C12H19N3O. The Labute approximate surface area is 96.2 Å². The van der Waals surface area contributed by atoms with Crippen LogP contribution in [-0.2, 0) is 0 Å². The van der Waals surface area contributed by atoms with Crippen LogP contribution in [0, 0.1) is 6.92 Å². The van der Waals surface area contributed by atoms with Gasteiger partial charge in [-0.05, 0) is 31.0 Å². The fourth-order valence-electron chi connectivity index (χ4n) is 1.45. The van der Waals surface area contributed by atoms with Crippen molar-refractivity contribution in [2.45, 2.75) is 26.7 Å². The molecule has 1 rings (SSSR count). The van der Waals surface area contributed by atoms with Gasteiger partial charge in [0.05, 0.1) is 11.3 Å². The van der Waals surface area contributed by atoms with E-state index in [1.54, 1.807) is 6.07 Å². The summed E-state index contributed by atoms with van der Waals surface area (Å²) in [5.74, 6) is 5.30. The van der Waals surface area contributed by atoms with Crippen molar-refractivity contribution in [2.75, 3.05) is 12.0 Å². The van der Waals surface area contributed by atoms with Crippen molar-refractivity contribution in [1.29, 1.82) is 0 Å². The Morgan fingerprint density at radius 2 is 2.19 bits per heavy atom. The smallest absolute Gasteiger partial charge is 0.253 e. The minimum atomic E-state index is -0.0820. The number of carbonyl (C=O) groups excluding carboxylic acids is 1. The highest BCUT2D eigenvalue weighted by atomic mass is 16.1. The number of anilines is 1. The second-order valence-corrected chi connectivity index (χ2v) is 3.80. The number of hydrogen-bond donors (Lipinski definition) is 3. The van der Waals surface area contributed by atoms with Gasteiger partial charge in [-0.25, -0.2) is 0 Å². The molecule has 0 atom stereocenters. The Bertz CT molecular complexity index is 363. The molecule has 1 amide bonds. The molecule has 1 aromatic rings. The first-order chi connectivity index (χ1) is 7.69. The van der Waals surface area contributed by atoms with E-state index in [4.69, 9.17) is 5.84 Å². The van der Waals surface area contributed by atoms with Crippen LogP contribution in [0.3, 0.4) is 0 Å². The lowest BCUT2D eigenvalue weighted by molar-refractivity contribution is 0.0954. The van der Waals surface area contributed by atoms with Crippen LogP contribution in [0.5, 0.6) is 0 Å². The van der Waals surface area contributed by atoms with E-state index in [1.807, 2.05) is 19.1 Å². The first-order valence-corrected chi connectivity index (χ1v) is 5.54. The highest BCUT2D eigenvalue weighted by Gasteiger charge is 2.09. The van der Waals surface area contributed by atoms with Gasteiger partial charge in [0.25, 0.3) is 5.91 Å². The summed E-state index contributed by atoms with van der Waals surface area (Å²) in [6.45, 7) is 4.75. The number of benzene rings is 1. The van der Waals surface area contributed by atoms with E-state index >= 15 is 0 Å². The molecule has 4 nitrogen and oxygen atoms in total. The normalized spacial score (nSPS) is 9.94. The maximum absolute atomic E-state index is 11.8. The Kier molecular flexibility index (Phi) is 4.79. The molecule has 0 saturated carbocycles. The van der Waals surface area contributed by atoms with Gasteiger partial charge in [0.2, 0.25) is 0 Å². The van der Waals surface area contributed by atoms with Crippen LogP contribution in [0.25, 0.3) is 0 Å². The predicted octanol–water partition coefficient (Wildman–Crippen LogP) is 1.81. The first-order valence-electron chi connectivity index (χ1n) is 5.54. The fourth-order valence-corrected chi connectivity index (χ4v) is 1.45. The minimum Gasteiger partial charge on any atom is -0.352 e. The van der Waals surface area contributed by atoms with Crippen LogP contribution in [0.4, 0.5) is 5.69 Å². The second kappa shape index (κ2) is 6.12. The van der Waals surface area contributed by atoms with Crippen LogP contribution in [-0.4, -0.2) is 12.5 Å². The average molecular weight is 221 g/mol. The molecule has 0 aliphatic carbocycles. The molecule has 0 unspecified atom stereocenters. The van der Waals surface area contributed by atoms with Crippen molar-refractivity contribution in [1.82, 2.24) is 5.32 Å². The van der Waals surface area contributed by atoms with E-state index in [1.165, 1.54) is 0 Å². The molecule has 0 fully saturated rings. The van der Waals surface area contributed by atoms with E-state index in [0.29, 0.717) is 17.8 Å². The van der Waals surface area contributed by atoms with Crippen molar-refractivity contribution in [3.05, 3.63) is 29.3 Å².